The smallest absolute Gasteiger partial charge is 0.132 e. The highest BCUT2D eigenvalue weighted by molar-refractivity contribution is 9.10. The van der Waals surface area contributed by atoms with E-state index < -0.39 is 11.6 Å². The van der Waals surface area contributed by atoms with Crippen molar-refractivity contribution in [2.75, 3.05) is 7.05 Å². The fourth-order valence-corrected chi connectivity index (χ4v) is 2.07. The summed E-state index contributed by atoms with van der Waals surface area (Å²) < 4.78 is 27.9. The first-order valence-corrected chi connectivity index (χ1v) is 6.27. The molecule has 1 rings (SSSR count). The molecule has 1 nitrogen and oxygen atoms in total. The van der Waals surface area contributed by atoms with Gasteiger partial charge in [0.05, 0.1) is 0 Å². The van der Waals surface area contributed by atoms with Crippen LogP contribution in [-0.2, 0) is 0 Å². The Bertz CT molecular complexity index is 395. The Morgan fingerprint density at radius 3 is 2.35 bits per heavy atom. The minimum Gasteiger partial charge on any atom is -0.313 e. The first-order chi connectivity index (χ1) is 7.99. The zero-order valence-electron chi connectivity index (χ0n) is 9.99. The Morgan fingerprint density at radius 2 is 1.94 bits per heavy atom. The maximum Gasteiger partial charge on any atom is 0.132 e. The maximum atomic E-state index is 13.8. The number of nitrogens with one attached hydrogen (secondary N) is 1. The predicted molar refractivity (Wildman–Crippen MR) is 69.9 cm³/mol. The number of hydrogen-bond acceptors (Lipinski definition) is 1. The molecular weight excluding hydrogens is 288 g/mol. The van der Waals surface area contributed by atoms with Crippen LogP contribution < -0.4 is 5.32 Å². The molecule has 0 aromatic heterocycles. The molecule has 0 bridgehead atoms. The van der Waals surface area contributed by atoms with Crippen LogP contribution in [0.3, 0.4) is 0 Å². The molecular formula is C13H16BrF2N. The van der Waals surface area contributed by atoms with E-state index in [2.05, 4.69) is 27.8 Å². The average Bonchev–Trinajstić information content (AvgIpc) is 2.25. The van der Waals surface area contributed by atoms with Crippen molar-refractivity contribution < 1.29 is 8.78 Å². The van der Waals surface area contributed by atoms with Crippen molar-refractivity contribution in [3.63, 3.8) is 0 Å². The molecule has 0 spiro atoms. The Hall–Kier alpha value is -0.740. The Morgan fingerprint density at radius 1 is 1.41 bits per heavy atom. The van der Waals surface area contributed by atoms with Crippen LogP contribution in [0.4, 0.5) is 8.78 Å². The summed E-state index contributed by atoms with van der Waals surface area (Å²) in [6.45, 7) is 5.84. The van der Waals surface area contributed by atoms with Crippen LogP contribution in [0, 0.1) is 11.6 Å². The van der Waals surface area contributed by atoms with Gasteiger partial charge in [-0.2, -0.15) is 0 Å². The van der Waals surface area contributed by atoms with E-state index in [0.29, 0.717) is 10.9 Å². The lowest BCUT2D eigenvalue weighted by atomic mass is 9.97. The summed E-state index contributed by atoms with van der Waals surface area (Å²) in [7, 11) is 1.69. The summed E-state index contributed by atoms with van der Waals surface area (Å²) in [5, 5.41) is 2.93. The molecule has 0 aliphatic rings. The second kappa shape index (κ2) is 6.26. The van der Waals surface area contributed by atoms with Gasteiger partial charge in [0.1, 0.15) is 11.6 Å². The molecule has 0 radical (unpaired) electrons. The number of hydrogen-bond donors (Lipinski definition) is 1. The summed E-state index contributed by atoms with van der Waals surface area (Å²) in [6.07, 6.45) is 1.33. The van der Waals surface area contributed by atoms with Gasteiger partial charge in [-0.25, -0.2) is 8.78 Å². The Balaban J connectivity index is 3.07. The summed E-state index contributed by atoms with van der Waals surface area (Å²) in [6, 6.07) is 2.17. The monoisotopic (exact) mass is 303 g/mol. The second-order valence-electron chi connectivity index (χ2n) is 3.93. The SMILES string of the molecule is C=C(CC)CC(NC)c1c(F)cc(Br)cc1F. The van der Waals surface area contributed by atoms with Gasteiger partial charge >= 0.3 is 0 Å². The van der Waals surface area contributed by atoms with Gasteiger partial charge in [0, 0.05) is 16.1 Å². The highest BCUT2D eigenvalue weighted by Crippen LogP contribution is 2.28. The zero-order valence-corrected chi connectivity index (χ0v) is 11.6. The molecule has 1 aromatic rings. The lowest BCUT2D eigenvalue weighted by Crippen LogP contribution is -2.19. The third kappa shape index (κ3) is 3.61. The summed E-state index contributed by atoms with van der Waals surface area (Å²) in [4.78, 5) is 0. The van der Waals surface area contributed by atoms with Gasteiger partial charge in [-0.1, -0.05) is 35.0 Å². The molecule has 0 fully saturated rings. The van der Waals surface area contributed by atoms with E-state index in [-0.39, 0.29) is 11.6 Å². The molecule has 0 aliphatic heterocycles. The van der Waals surface area contributed by atoms with Crippen molar-refractivity contribution >= 4 is 15.9 Å². The first kappa shape index (κ1) is 14.3. The van der Waals surface area contributed by atoms with Crippen molar-refractivity contribution in [3.05, 3.63) is 46.0 Å². The second-order valence-corrected chi connectivity index (χ2v) is 4.85. The van der Waals surface area contributed by atoms with Crippen LogP contribution in [-0.4, -0.2) is 7.05 Å². The molecule has 0 aliphatic carbocycles. The van der Waals surface area contributed by atoms with Crippen molar-refractivity contribution in [3.8, 4) is 0 Å². The molecule has 4 heteroatoms. The maximum absolute atomic E-state index is 13.8. The van der Waals surface area contributed by atoms with Crippen molar-refractivity contribution in [2.24, 2.45) is 0 Å². The molecule has 1 unspecified atom stereocenters. The molecule has 1 atom stereocenters. The third-order valence-corrected chi connectivity index (χ3v) is 3.19. The molecule has 1 N–H and O–H groups in total. The molecule has 94 valence electrons. The lowest BCUT2D eigenvalue weighted by Gasteiger charge is -2.19. The van der Waals surface area contributed by atoms with Crippen LogP contribution in [0.5, 0.6) is 0 Å². The topological polar surface area (TPSA) is 12.0 Å². The predicted octanol–water partition coefficient (Wildman–Crippen LogP) is 4.34. The Labute approximate surface area is 109 Å². The minimum absolute atomic E-state index is 0.0744. The zero-order chi connectivity index (χ0) is 13.0. The molecule has 0 amide bonds. The third-order valence-electron chi connectivity index (χ3n) is 2.73. The fourth-order valence-electron chi connectivity index (χ4n) is 1.67. The van der Waals surface area contributed by atoms with Gasteiger partial charge in [-0.05, 0) is 32.0 Å². The van der Waals surface area contributed by atoms with Gasteiger partial charge in [0.15, 0.2) is 0 Å². The van der Waals surface area contributed by atoms with E-state index in [1.54, 1.807) is 7.05 Å². The van der Waals surface area contributed by atoms with Gasteiger partial charge in [0.25, 0.3) is 0 Å². The van der Waals surface area contributed by atoms with Crippen molar-refractivity contribution in [1.29, 1.82) is 0 Å². The van der Waals surface area contributed by atoms with Gasteiger partial charge in [-0.15, -0.1) is 0 Å². The van der Waals surface area contributed by atoms with E-state index in [1.165, 1.54) is 12.1 Å². The molecule has 0 saturated carbocycles. The molecule has 0 saturated heterocycles. The van der Waals surface area contributed by atoms with Gasteiger partial charge in [-0.3, -0.25) is 0 Å². The number of halogens is 3. The summed E-state index contributed by atoms with van der Waals surface area (Å²) >= 11 is 3.06. The van der Waals surface area contributed by atoms with Crippen LogP contribution in [0.1, 0.15) is 31.4 Å². The highest BCUT2D eigenvalue weighted by Gasteiger charge is 2.19. The summed E-state index contributed by atoms with van der Waals surface area (Å²) in [5.41, 5.74) is 1.04. The highest BCUT2D eigenvalue weighted by atomic mass is 79.9. The first-order valence-electron chi connectivity index (χ1n) is 5.48. The van der Waals surface area contributed by atoms with E-state index in [0.717, 1.165) is 12.0 Å². The normalized spacial score (nSPS) is 12.5. The lowest BCUT2D eigenvalue weighted by molar-refractivity contribution is 0.485. The largest absolute Gasteiger partial charge is 0.313 e. The Kier molecular flexibility index (Phi) is 5.28. The van der Waals surface area contributed by atoms with Gasteiger partial charge < -0.3 is 5.32 Å². The number of benzene rings is 1. The molecule has 1 aromatic carbocycles. The van der Waals surface area contributed by atoms with E-state index >= 15 is 0 Å². The number of rotatable bonds is 5. The van der Waals surface area contributed by atoms with E-state index in [4.69, 9.17) is 0 Å². The molecule has 0 heterocycles. The standard InChI is InChI=1S/C13H16BrF2N/c1-4-8(2)5-12(17-3)13-10(15)6-9(14)7-11(13)16/h6-7,12,17H,2,4-5H2,1,3H3. The average molecular weight is 304 g/mol. The van der Waals surface area contributed by atoms with Crippen LogP contribution in [0.15, 0.2) is 28.8 Å². The van der Waals surface area contributed by atoms with E-state index in [9.17, 15) is 8.78 Å². The summed E-state index contributed by atoms with van der Waals surface area (Å²) in [5.74, 6) is -1.08. The van der Waals surface area contributed by atoms with Crippen LogP contribution >= 0.6 is 15.9 Å². The van der Waals surface area contributed by atoms with Gasteiger partial charge in [0.2, 0.25) is 0 Å². The quantitative estimate of drug-likeness (QED) is 0.798. The van der Waals surface area contributed by atoms with Crippen molar-refractivity contribution in [2.45, 2.75) is 25.8 Å². The van der Waals surface area contributed by atoms with Crippen molar-refractivity contribution in [1.82, 2.24) is 5.32 Å². The van der Waals surface area contributed by atoms with E-state index in [1.807, 2.05) is 6.92 Å². The minimum atomic E-state index is -0.542. The fraction of sp³-hybridized carbons (Fsp3) is 0.385. The van der Waals surface area contributed by atoms with Crippen LogP contribution in [0.25, 0.3) is 0 Å². The van der Waals surface area contributed by atoms with Crippen LogP contribution in [0.2, 0.25) is 0 Å². The molecule has 17 heavy (non-hydrogen) atoms.